The van der Waals surface area contributed by atoms with E-state index in [-0.39, 0.29) is 31.4 Å². The van der Waals surface area contributed by atoms with Gasteiger partial charge in [0.25, 0.3) is 0 Å². The van der Waals surface area contributed by atoms with E-state index < -0.39 is 17.3 Å². The molecule has 0 unspecified atom stereocenters. The van der Waals surface area contributed by atoms with Crippen molar-refractivity contribution in [3.05, 3.63) is 53.5 Å². The SMILES string of the molecule is [C-]#[N+]c1c(F)c[c-]c(-c2cc(OC)ccn2)c1F.[Ir]. The molecule has 1 radical (unpaired) electrons. The Balaban J connectivity index is 0.00000180. The minimum Gasteiger partial charge on any atom is -0.497 e. The molecule has 2 aromatic rings. The molecule has 0 fully saturated rings. The summed E-state index contributed by atoms with van der Waals surface area (Å²) in [6.07, 6.45) is 1.43. The fourth-order valence-corrected chi connectivity index (χ4v) is 1.45. The van der Waals surface area contributed by atoms with E-state index in [1.807, 2.05) is 0 Å². The Morgan fingerprint density at radius 1 is 1.42 bits per heavy atom. The first kappa shape index (κ1) is 15.2. The van der Waals surface area contributed by atoms with Gasteiger partial charge in [-0.05, 0) is 17.8 Å². The molecule has 0 aliphatic rings. The van der Waals surface area contributed by atoms with Crippen LogP contribution < -0.4 is 4.74 Å². The van der Waals surface area contributed by atoms with Gasteiger partial charge < -0.3 is 9.72 Å². The minimum atomic E-state index is -0.967. The van der Waals surface area contributed by atoms with Crippen molar-refractivity contribution in [3.63, 3.8) is 0 Å². The van der Waals surface area contributed by atoms with Crippen molar-refractivity contribution in [3.8, 4) is 17.0 Å². The van der Waals surface area contributed by atoms with Crippen LogP contribution in [0.15, 0.2) is 24.4 Å². The summed E-state index contributed by atoms with van der Waals surface area (Å²) in [5.41, 5.74) is -0.480. The van der Waals surface area contributed by atoms with Crippen molar-refractivity contribution in [2.45, 2.75) is 0 Å². The van der Waals surface area contributed by atoms with E-state index in [1.165, 1.54) is 19.4 Å². The largest absolute Gasteiger partial charge is 0.497 e. The summed E-state index contributed by atoms with van der Waals surface area (Å²) in [5.74, 6) is -1.42. The average Bonchev–Trinajstić information content (AvgIpc) is 2.39. The van der Waals surface area contributed by atoms with Gasteiger partial charge in [-0.25, -0.2) is 0 Å². The predicted octanol–water partition coefficient (Wildman–Crippen LogP) is 3.38. The van der Waals surface area contributed by atoms with Gasteiger partial charge in [0.1, 0.15) is 5.75 Å². The van der Waals surface area contributed by atoms with Crippen LogP contribution in [0.5, 0.6) is 5.75 Å². The van der Waals surface area contributed by atoms with Gasteiger partial charge >= 0.3 is 0 Å². The maximum Gasteiger partial charge on any atom is 0.176 e. The molecule has 1 heterocycles. The van der Waals surface area contributed by atoms with Crippen LogP contribution in [-0.2, 0) is 20.1 Å². The molecule has 0 saturated heterocycles. The molecule has 0 amide bonds. The maximum absolute atomic E-state index is 13.9. The van der Waals surface area contributed by atoms with Crippen molar-refractivity contribution in [1.82, 2.24) is 4.98 Å². The number of ether oxygens (including phenoxy) is 1. The molecule has 0 N–H and O–H groups in total. The molecular formula is C13H7F2IrN2O-. The molecule has 0 aliphatic carbocycles. The van der Waals surface area contributed by atoms with Crippen molar-refractivity contribution in [1.29, 1.82) is 0 Å². The number of hydrogen-bond acceptors (Lipinski definition) is 2. The molecule has 3 nitrogen and oxygen atoms in total. The van der Waals surface area contributed by atoms with Gasteiger partial charge in [-0.15, -0.1) is 17.7 Å². The van der Waals surface area contributed by atoms with Crippen molar-refractivity contribution < 1.29 is 33.6 Å². The molecule has 0 spiro atoms. The van der Waals surface area contributed by atoms with E-state index in [2.05, 4.69) is 15.9 Å². The van der Waals surface area contributed by atoms with Crippen molar-refractivity contribution in [2.75, 3.05) is 7.11 Å². The zero-order chi connectivity index (χ0) is 13.1. The van der Waals surface area contributed by atoms with Crippen LogP contribution >= 0.6 is 0 Å². The number of methoxy groups -OCH3 is 1. The Morgan fingerprint density at radius 2 is 2.16 bits per heavy atom. The molecule has 6 heteroatoms. The third-order valence-corrected chi connectivity index (χ3v) is 2.33. The summed E-state index contributed by atoms with van der Waals surface area (Å²) < 4.78 is 32.0. The molecule has 0 bridgehead atoms. The maximum atomic E-state index is 13.9. The van der Waals surface area contributed by atoms with Crippen LogP contribution in [0.3, 0.4) is 0 Å². The van der Waals surface area contributed by atoms with E-state index in [0.29, 0.717) is 5.75 Å². The topological polar surface area (TPSA) is 26.5 Å². The molecule has 1 aromatic carbocycles. The second kappa shape index (κ2) is 6.37. The van der Waals surface area contributed by atoms with Crippen LogP contribution in [0, 0.1) is 24.3 Å². The van der Waals surface area contributed by atoms with E-state index >= 15 is 0 Å². The molecule has 1 aromatic heterocycles. The van der Waals surface area contributed by atoms with Gasteiger partial charge in [0, 0.05) is 37.9 Å². The van der Waals surface area contributed by atoms with Gasteiger partial charge in [0.05, 0.1) is 13.7 Å². The Bertz CT molecular complexity index is 641. The summed E-state index contributed by atoms with van der Waals surface area (Å²) >= 11 is 0. The van der Waals surface area contributed by atoms with E-state index in [0.717, 1.165) is 6.07 Å². The third kappa shape index (κ3) is 2.95. The summed E-state index contributed by atoms with van der Waals surface area (Å²) in [7, 11) is 1.47. The van der Waals surface area contributed by atoms with Crippen LogP contribution in [0.4, 0.5) is 14.5 Å². The van der Waals surface area contributed by atoms with Gasteiger partial charge in [-0.3, -0.25) is 13.6 Å². The van der Waals surface area contributed by atoms with Crippen molar-refractivity contribution >= 4 is 5.69 Å². The monoisotopic (exact) mass is 438 g/mol. The molecule has 0 saturated carbocycles. The fourth-order valence-electron chi connectivity index (χ4n) is 1.45. The van der Waals surface area contributed by atoms with E-state index in [9.17, 15) is 8.78 Å². The average molecular weight is 437 g/mol. The number of benzene rings is 1. The van der Waals surface area contributed by atoms with Gasteiger partial charge in [0.15, 0.2) is 5.69 Å². The first-order valence-electron chi connectivity index (χ1n) is 4.95. The number of pyridine rings is 1. The predicted molar refractivity (Wildman–Crippen MR) is 61.2 cm³/mol. The molecule has 99 valence electrons. The summed E-state index contributed by atoms with van der Waals surface area (Å²) in [5, 5.41) is 0. The van der Waals surface area contributed by atoms with Crippen molar-refractivity contribution in [2.24, 2.45) is 0 Å². The first-order valence-corrected chi connectivity index (χ1v) is 4.95. The molecule has 0 atom stereocenters. The normalized spacial score (nSPS) is 9.37. The molecular weight excluding hydrogens is 430 g/mol. The molecule has 2 rings (SSSR count). The standard InChI is InChI=1S/C13H7F2N2O.Ir/c1-16-13-10(14)4-3-9(12(13)15)11-7-8(18-2)5-6-17-11;/h4-7H,2H3;/q-1;. The molecule has 19 heavy (non-hydrogen) atoms. The number of nitrogens with zero attached hydrogens (tertiary/aromatic N) is 2. The third-order valence-electron chi connectivity index (χ3n) is 2.33. The summed E-state index contributed by atoms with van der Waals surface area (Å²) in [6, 6.07) is 6.44. The Hall–Kier alpha value is -1.83. The first-order chi connectivity index (χ1) is 8.67. The van der Waals surface area contributed by atoms with E-state index in [1.54, 1.807) is 6.07 Å². The Kier molecular flexibility index (Phi) is 5.10. The molecule has 0 aliphatic heterocycles. The van der Waals surface area contributed by atoms with Crippen LogP contribution in [0.25, 0.3) is 16.1 Å². The Morgan fingerprint density at radius 3 is 2.79 bits per heavy atom. The number of hydrogen-bond donors (Lipinski definition) is 0. The summed E-state index contributed by atoms with van der Waals surface area (Å²) in [4.78, 5) is 6.77. The Labute approximate surface area is 122 Å². The smallest absolute Gasteiger partial charge is 0.176 e. The number of aromatic nitrogens is 1. The van der Waals surface area contributed by atoms with Crippen LogP contribution in [0.1, 0.15) is 0 Å². The van der Waals surface area contributed by atoms with Crippen LogP contribution in [-0.4, -0.2) is 12.1 Å². The minimum absolute atomic E-state index is 0. The van der Waals surface area contributed by atoms with Gasteiger partial charge in [0.2, 0.25) is 0 Å². The summed E-state index contributed by atoms with van der Waals surface area (Å²) in [6.45, 7) is 6.75. The number of halogens is 2. The fraction of sp³-hybridized carbons (Fsp3) is 0.0769. The zero-order valence-corrected chi connectivity index (χ0v) is 12.1. The second-order valence-electron chi connectivity index (χ2n) is 3.37. The zero-order valence-electron chi connectivity index (χ0n) is 9.70. The van der Waals surface area contributed by atoms with E-state index in [4.69, 9.17) is 11.3 Å². The second-order valence-corrected chi connectivity index (χ2v) is 3.37. The van der Waals surface area contributed by atoms with Gasteiger partial charge in [-0.2, -0.15) is 0 Å². The van der Waals surface area contributed by atoms with Gasteiger partial charge in [-0.1, -0.05) is 0 Å². The van der Waals surface area contributed by atoms with Crippen LogP contribution in [0.2, 0.25) is 0 Å². The number of rotatable bonds is 2. The quantitative estimate of drug-likeness (QED) is 0.674.